The zero-order valence-electron chi connectivity index (χ0n) is 11.2. The van der Waals surface area contributed by atoms with Crippen molar-refractivity contribution < 1.29 is 9.47 Å². The lowest BCUT2D eigenvalue weighted by atomic mass is 10.2. The standard InChI is InChI=1S/C15H15BrClNO2/c1-19-14-5-3-4-12(17)11(14)9-18-13-8-10(16)6-7-15(13)20-2/h3-8,18H,9H2,1-2H3. The van der Waals surface area contributed by atoms with Gasteiger partial charge in [-0.05, 0) is 30.3 Å². The van der Waals surface area contributed by atoms with Gasteiger partial charge in [0.15, 0.2) is 0 Å². The molecule has 0 saturated carbocycles. The van der Waals surface area contributed by atoms with Gasteiger partial charge in [-0.15, -0.1) is 0 Å². The van der Waals surface area contributed by atoms with Crippen molar-refractivity contribution in [3.05, 3.63) is 51.5 Å². The van der Waals surface area contributed by atoms with E-state index in [0.717, 1.165) is 27.2 Å². The number of methoxy groups -OCH3 is 2. The molecule has 0 unspecified atom stereocenters. The molecule has 106 valence electrons. The number of benzene rings is 2. The van der Waals surface area contributed by atoms with Crippen LogP contribution in [-0.4, -0.2) is 14.2 Å². The molecular formula is C15H15BrClNO2. The first-order valence-corrected chi connectivity index (χ1v) is 7.21. The number of halogens is 2. The maximum absolute atomic E-state index is 6.22. The van der Waals surface area contributed by atoms with E-state index in [2.05, 4.69) is 21.2 Å². The van der Waals surface area contributed by atoms with Gasteiger partial charge in [0, 0.05) is 21.6 Å². The highest BCUT2D eigenvalue weighted by Crippen LogP contribution is 2.31. The first-order valence-electron chi connectivity index (χ1n) is 6.04. The lowest BCUT2D eigenvalue weighted by molar-refractivity contribution is 0.409. The largest absolute Gasteiger partial charge is 0.496 e. The van der Waals surface area contributed by atoms with Crippen LogP contribution in [-0.2, 0) is 6.54 Å². The number of ether oxygens (including phenoxy) is 2. The monoisotopic (exact) mass is 355 g/mol. The number of hydrogen-bond donors (Lipinski definition) is 1. The van der Waals surface area contributed by atoms with Gasteiger partial charge in [-0.1, -0.05) is 33.6 Å². The minimum Gasteiger partial charge on any atom is -0.496 e. The van der Waals surface area contributed by atoms with E-state index >= 15 is 0 Å². The minimum atomic E-state index is 0.551. The topological polar surface area (TPSA) is 30.5 Å². The average Bonchev–Trinajstić information content (AvgIpc) is 2.46. The van der Waals surface area contributed by atoms with Crippen molar-refractivity contribution in [3.8, 4) is 11.5 Å². The van der Waals surface area contributed by atoms with Crippen LogP contribution < -0.4 is 14.8 Å². The van der Waals surface area contributed by atoms with Crippen molar-refractivity contribution in [2.75, 3.05) is 19.5 Å². The van der Waals surface area contributed by atoms with E-state index < -0.39 is 0 Å². The van der Waals surface area contributed by atoms with E-state index in [9.17, 15) is 0 Å². The summed E-state index contributed by atoms with van der Waals surface area (Å²) in [6.07, 6.45) is 0. The third-order valence-electron chi connectivity index (χ3n) is 2.91. The minimum absolute atomic E-state index is 0.551. The van der Waals surface area contributed by atoms with Crippen molar-refractivity contribution in [3.63, 3.8) is 0 Å². The zero-order chi connectivity index (χ0) is 14.5. The quantitative estimate of drug-likeness (QED) is 0.840. The second kappa shape index (κ2) is 6.86. The summed E-state index contributed by atoms with van der Waals surface area (Å²) in [6, 6.07) is 11.4. The Balaban J connectivity index is 2.23. The Labute approximate surface area is 132 Å². The zero-order valence-corrected chi connectivity index (χ0v) is 13.6. The second-order valence-electron chi connectivity index (χ2n) is 4.12. The molecule has 0 amide bonds. The van der Waals surface area contributed by atoms with Crippen LogP contribution in [0.2, 0.25) is 5.02 Å². The van der Waals surface area contributed by atoms with E-state index in [0.29, 0.717) is 11.6 Å². The van der Waals surface area contributed by atoms with E-state index in [1.54, 1.807) is 14.2 Å². The average molecular weight is 357 g/mol. The van der Waals surface area contributed by atoms with Gasteiger partial charge in [0.2, 0.25) is 0 Å². The molecular weight excluding hydrogens is 342 g/mol. The highest BCUT2D eigenvalue weighted by atomic mass is 79.9. The van der Waals surface area contributed by atoms with Gasteiger partial charge in [-0.3, -0.25) is 0 Å². The van der Waals surface area contributed by atoms with Crippen LogP contribution in [0.15, 0.2) is 40.9 Å². The van der Waals surface area contributed by atoms with Crippen molar-refractivity contribution in [2.45, 2.75) is 6.54 Å². The third-order valence-corrected chi connectivity index (χ3v) is 3.76. The molecule has 0 spiro atoms. The summed E-state index contributed by atoms with van der Waals surface area (Å²) in [5.41, 5.74) is 1.81. The summed E-state index contributed by atoms with van der Waals surface area (Å²) in [5.74, 6) is 1.54. The molecule has 5 heteroatoms. The van der Waals surface area contributed by atoms with E-state index in [4.69, 9.17) is 21.1 Å². The Hall–Kier alpha value is -1.39. The first-order chi connectivity index (χ1) is 9.65. The van der Waals surface area contributed by atoms with Gasteiger partial charge in [-0.2, -0.15) is 0 Å². The second-order valence-corrected chi connectivity index (χ2v) is 5.44. The molecule has 3 nitrogen and oxygen atoms in total. The molecule has 2 aromatic rings. The molecule has 0 atom stereocenters. The molecule has 0 heterocycles. The molecule has 2 rings (SSSR count). The predicted octanol–water partition coefficient (Wildman–Crippen LogP) is 4.73. The van der Waals surface area contributed by atoms with Crippen LogP contribution in [0.4, 0.5) is 5.69 Å². The molecule has 0 radical (unpaired) electrons. The third kappa shape index (κ3) is 3.38. The van der Waals surface area contributed by atoms with Gasteiger partial charge in [0.1, 0.15) is 11.5 Å². The van der Waals surface area contributed by atoms with Crippen LogP contribution >= 0.6 is 27.5 Å². The Morgan fingerprint density at radius 2 is 1.85 bits per heavy atom. The number of rotatable bonds is 5. The van der Waals surface area contributed by atoms with Gasteiger partial charge in [0.25, 0.3) is 0 Å². The lowest BCUT2D eigenvalue weighted by Crippen LogP contribution is -2.04. The van der Waals surface area contributed by atoms with Crippen molar-refractivity contribution in [1.29, 1.82) is 0 Å². The number of anilines is 1. The Kier molecular flexibility index (Phi) is 5.15. The van der Waals surface area contributed by atoms with Gasteiger partial charge in [0.05, 0.1) is 19.9 Å². The first kappa shape index (κ1) is 15.0. The summed E-state index contributed by atoms with van der Waals surface area (Å²) in [5, 5.41) is 3.99. The van der Waals surface area contributed by atoms with Crippen LogP contribution in [0.3, 0.4) is 0 Å². The summed E-state index contributed by atoms with van der Waals surface area (Å²) in [4.78, 5) is 0. The van der Waals surface area contributed by atoms with Crippen LogP contribution in [0.1, 0.15) is 5.56 Å². The van der Waals surface area contributed by atoms with E-state index in [1.165, 1.54) is 0 Å². The van der Waals surface area contributed by atoms with Gasteiger partial charge < -0.3 is 14.8 Å². The molecule has 0 bridgehead atoms. The smallest absolute Gasteiger partial charge is 0.142 e. The summed E-state index contributed by atoms with van der Waals surface area (Å²) < 4.78 is 11.6. The molecule has 0 saturated heterocycles. The summed E-state index contributed by atoms with van der Waals surface area (Å²) in [7, 11) is 3.28. The highest BCUT2D eigenvalue weighted by molar-refractivity contribution is 9.10. The molecule has 0 aromatic heterocycles. The molecule has 2 aromatic carbocycles. The van der Waals surface area contributed by atoms with Crippen LogP contribution in [0.25, 0.3) is 0 Å². The van der Waals surface area contributed by atoms with Crippen molar-refractivity contribution >= 4 is 33.2 Å². The maximum Gasteiger partial charge on any atom is 0.142 e. The fourth-order valence-electron chi connectivity index (χ4n) is 1.90. The molecule has 0 fully saturated rings. The summed E-state index contributed by atoms with van der Waals surface area (Å²) in [6.45, 7) is 0.551. The number of nitrogens with one attached hydrogen (secondary N) is 1. The predicted molar refractivity (Wildman–Crippen MR) is 86.0 cm³/mol. The summed E-state index contributed by atoms with van der Waals surface area (Å²) >= 11 is 9.67. The van der Waals surface area contributed by atoms with Gasteiger partial charge in [-0.25, -0.2) is 0 Å². The van der Waals surface area contributed by atoms with E-state index in [1.807, 2.05) is 36.4 Å². The normalized spacial score (nSPS) is 10.2. The molecule has 20 heavy (non-hydrogen) atoms. The SMILES string of the molecule is COc1ccc(Br)cc1NCc1c(Cl)cccc1OC. The van der Waals surface area contributed by atoms with Crippen LogP contribution in [0.5, 0.6) is 11.5 Å². The maximum atomic E-state index is 6.22. The van der Waals surface area contributed by atoms with Crippen molar-refractivity contribution in [2.24, 2.45) is 0 Å². The molecule has 0 aliphatic carbocycles. The Morgan fingerprint density at radius 1 is 1.10 bits per heavy atom. The highest BCUT2D eigenvalue weighted by Gasteiger charge is 2.09. The fraction of sp³-hybridized carbons (Fsp3) is 0.200. The molecule has 0 aliphatic heterocycles. The molecule has 0 aliphatic rings. The van der Waals surface area contributed by atoms with Gasteiger partial charge >= 0.3 is 0 Å². The van der Waals surface area contributed by atoms with E-state index in [-0.39, 0.29) is 0 Å². The lowest BCUT2D eigenvalue weighted by Gasteiger charge is -2.14. The Bertz CT molecular complexity index is 604. The Morgan fingerprint density at radius 3 is 2.55 bits per heavy atom. The van der Waals surface area contributed by atoms with Crippen molar-refractivity contribution in [1.82, 2.24) is 0 Å². The molecule has 1 N–H and O–H groups in total. The van der Waals surface area contributed by atoms with Crippen LogP contribution in [0, 0.1) is 0 Å². The number of hydrogen-bond acceptors (Lipinski definition) is 3. The fourth-order valence-corrected chi connectivity index (χ4v) is 2.50.